The monoisotopic (exact) mass is 489 g/mol. The highest BCUT2D eigenvalue weighted by Gasteiger charge is 2.36. The topological polar surface area (TPSA) is 89.3 Å². The number of nitrogens with one attached hydrogen (secondary N) is 1. The van der Waals surface area contributed by atoms with Crippen LogP contribution in [0.25, 0.3) is 11.0 Å². The molecule has 9 heteroatoms. The van der Waals surface area contributed by atoms with Gasteiger partial charge in [-0.15, -0.1) is 5.10 Å². The van der Waals surface area contributed by atoms with Gasteiger partial charge < -0.3 is 10.1 Å². The van der Waals surface area contributed by atoms with Crippen LogP contribution in [0.5, 0.6) is 5.75 Å². The summed E-state index contributed by atoms with van der Waals surface area (Å²) in [6.45, 7) is 5.26. The average Bonchev–Trinajstić information content (AvgIpc) is 3.25. The number of hydrogen-bond donors (Lipinski definition) is 1. The molecule has 0 saturated heterocycles. The lowest BCUT2D eigenvalue weighted by molar-refractivity contribution is -0.128. The molecule has 36 heavy (non-hydrogen) atoms. The van der Waals surface area contributed by atoms with E-state index in [4.69, 9.17) is 4.74 Å². The Labute approximate surface area is 208 Å². The number of carbonyl (C=O) groups excluding carboxylic acids is 2. The molecule has 0 radical (unpaired) electrons. The highest BCUT2D eigenvalue weighted by molar-refractivity contribution is 6.01. The SMILES string of the molecule is COc1ccc(N(C(=O)Cn2nnc3ccccc32)C(C(=O)NC(C)(C)C)c2ccccc2F)cc1. The molecule has 1 heterocycles. The first kappa shape index (κ1) is 24.8. The number of ether oxygens (including phenoxy) is 1. The molecule has 1 atom stereocenters. The van der Waals surface area contributed by atoms with E-state index in [1.165, 1.54) is 28.8 Å². The maximum Gasteiger partial charge on any atom is 0.249 e. The molecule has 186 valence electrons. The minimum atomic E-state index is -1.28. The summed E-state index contributed by atoms with van der Waals surface area (Å²) in [5.74, 6) is -0.993. The van der Waals surface area contributed by atoms with Gasteiger partial charge >= 0.3 is 0 Å². The Morgan fingerprint density at radius 2 is 1.69 bits per heavy atom. The number of rotatable bonds is 7. The molecular formula is C27H28FN5O3. The summed E-state index contributed by atoms with van der Waals surface area (Å²) in [4.78, 5) is 28.8. The summed E-state index contributed by atoms with van der Waals surface area (Å²) in [5.41, 5.74) is 1.17. The molecule has 1 N–H and O–H groups in total. The second-order valence-corrected chi connectivity index (χ2v) is 9.36. The van der Waals surface area contributed by atoms with E-state index >= 15 is 4.39 Å². The minimum Gasteiger partial charge on any atom is -0.497 e. The standard InChI is InChI=1S/C27H28FN5O3/c1-27(2,3)29-26(35)25(20-9-5-6-10-21(20)28)33(18-13-15-19(36-4)16-14-18)24(34)17-32-23-12-8-7-11-22(23)30-31-32/h5-16,25H,17H2,1-4H3,(H,29,35). The van der Waals surface area contributed by atoms with Gasteiger partial charge in [-0.25, -0.2) is 9.07 Å². The van der Waals surface area contributed by atoms with Crippen molar-refractivity contribution in [1.29, 1.82) is 0 Å². The van der Waals surface area contributed by atoms with Gasteiger partial charge in [0.25, 0.3) is 0 Å². The van der Waals surface area contributed by atoms with Crippen molar-refractivity contribution in [2.24, 2.45) is 0 Å². The fourth-order valence-corrected chi connectivity index (χ4v) is 3.95. The van der Waals surface area contributed by atoms with Crippen LogP contribution >= 0.6 is 0 Å². The Hall–Kier alpha value is -4.27. The van der Waals surface area contributed by atoms with Crippen LogP contribution in [0.3, 0.4) is 0 Å². The molecule has 0 aliphatic rings. The van der Waals surface area contributed by atoms with Crippen molar-refractivity contribution in [3.8, 4) is 5.75 Å². The number of nitrogens with zero attached hydrogens (tertiary/aromatic N) is 4. The van der Waals surface area contributed by atoms with E-state index in [1.54, 1.807) is 48.5 Å². The number of methoxy groups -OCH3 is 1. The maximum atomic E-state index is 15.1. The number of anilines is 1. The second-order valence-electron chi connectivity index (χ2n) is 9.36. The fraction of sp³-hybridized carbons (Fsp3) is 0.259. The van der Waals surface area contributed by atoms with Gasteiger partial charge in [0.1, 0.15) is 29.7 Å². The van der Waals surface area contributed by atoms with Gasteiger partial charge in [0.05, 0.1) is 12.6 Å². The summed E-state index contributed by atoms with van der Waals surface area (Å²) in [5, 5.41) is 11.1. The summed E-state index contributed by atoms with van der Waals surface area (Å²) in [6.07, 6.45) is 0. The first-order valence-corrected chi connectivity index (χ1v) is 11.5. The number of benzene rings is 3. The fourth-order valence-electron chi connectivity index (χ4n) is 3.95. The van der Waals surface area contributed by atoms with Crippen molar-refractivity contribution in [3.63, 3.8) is 0 Å². The van der Waals surface area contributed by atoms with Crippen LogP contribution in [0.2, 0.25) is 0 Å². The predicted molar refractivity (Wildman–Crippen MR) is 135 cm³/mol. The van der Waals surface area contributed by atoms with E-state index in [-0.39, 0.29) is 12.1 Å². The van der Waals surface area contributed by atoms with Crippen LogP contribution < -0.4 is 15.0 Å². The van der Waals surface area contributed by atoms with Crippen molar-refractivity contribution in [1.82, 2.24) is 20.3 Å². The second kappa shape index (κ2) is 10.2. The van der Waals surface area contributed by atoms with Crippen molar-refractivity contribution >= 4 is 28.5 Å². The average molecular weight is 490 g/mol. The van der Waals surface area contributed by atoms with Crippen LogP contribution in [-0.2, 0) is 16.1 Å². The number of carbonyl (C=O) groups is 2. The number of hydrogen-bond acceptors (Lipinski definition) is 5. The Morgan fingerprint density at radius 1 is 1.03 bits per heavy atom. The van der Waals surface area contributed by atoms with E-state index in [1.807, 2.05) is 32.9 Å². The first-order chi connectivity index (χ1) is 17.2. The van der Waals surface area contributed by atoms with Crippen molar-refractivity contribution in [2.45, 2.75) is 38.9 Å². The molecule has 0 aliphatic carbocycles. The van der Waals surface area contributed by atoms with Crippen LogP contribution in [0.15, 0.2) is 72.8 Å². The number of amides is 2. The molecule has 4 rings (SSSR count). The van der Waals surface area contributed by atoms with Crippen molar-refractivity contribution < 1.29 is 18.7 Å². The van der Waals surface area contributed by atoms with Gasteiger partial charge in [0.2, 0.25) is 11.8 Å². The molecule has 0 spiro atoms. The number of aromatic nitrogens is 3. The van der Waals surface area contributed by atoms with Gasteiger partial charge in [-0.3, -0.25) is 14.5 Å². The van der Waals surface area contributed by atoms with Crippen molar-refractivity contribution in [3.05, 3.63) is 84.2 Å². The van der Waals surface area contributed by atoms with E-state index in [2.05, 4.69) is 15.6 Å². The number of para-hydroxylation sites is 1. The Kier molecular flexibility index (Phi) is 7.00. The van der Waals surface area contributed by atoms with Crippen LogP contribution in [0, 0.1) is 5.82 Å². The quantitative estimate of drug-likeness (QED) is 0.419. The molecule has 1 aromatic heterocycles. The van der Waals surface area contributed by atoms with Crippen LogP contribution in [-0.4, -0.2) is 39.5 Å². The molecule has 0 bridgehead atoms. The van der Waals surface area contributed by atoms with Gasteiger partial charge in [-0.05, 0) is 63.2 Å². The highest BCUT2D eigenvalue weighted by Crippen LogP contribution is 2.32. The molecule has 4 aromatic rings. The largest absolute Gasteiger partial charge is 0.497 e. The van der Waals surface area contributed by atoms with Crippen LogP contribution in [0.1, 0.15) is 32.4 Å². The molecule has 1 unspecified atom stereocenters. The normalized spacial score (nSPS) is 12.2. The maximum absolute atomic E-state index is 15.1. The molecule has 0 saturated carbocycles. The van der Waals surface area contributed by atoms with E-state index < -0.39 is 29.2 Å². The van der Waals surface area contributed by atoms with Crippen molar-refractivity contribution in [2.75, 3.05) is 12.0 Å². The first-order valence-electron chi connectivity index (χ1n) is 11.5. The summed E-state index contributed by atoms with van der Waals surface area (Å²) in [6, 6.07) is 18.6. The number of halogens is 1. The third kappa shape index (κ3) is 5.35. The Morgan fingerprint density at radius 3 is 2.36 bits per heavy atom. The van der Waals surface area contributed by atoms with Crippen LogP contribution in [0.4, 0.5) is 10.1 Å². The van der Waals surface area contributed by atoms with Gasteiger partial charge in [-0.2, -0.15) is 0 Å². The highest BCUT2D eigenvalue weighted by atomic mass is 19.1. The number of fused-ring (bicyclic) bond motifs is 1. The van der Waals surface area contributed by atoms with Gasteiger partial charge in [-0.1, -0.05) is 35.5 Å². The van der Waals surface area contributed by atoms with E-state index in [0.717, 1.165) is 0 Å². The lowest BCUT2D eigenvalue weighted by Gasteiger charge is -2.34. The predicted octanol–water partition coefficient (Wildman–Crippen LogP) is 4.27. The molecule has 0 fully saturated rings. The third-order valence-corrected chi connectivity index (χ3v) is 5.53. The van der Waals surface area contributed by atoms with E-state index in [9.17, 15) is 9.59 Å². The Balaban J connectivity index is 1.83. The lowest BCUT2D eigenvalue weighted by Crippen LogP contribution is -2.50. The zero-order valence-electron chi connectivity index (χ0n) is 20.6. The third-order valence-electron chi connectivity index (χ3n) is 5.53. The Bertz CT molecular complexity index is 1380. The summed E-state index contributed by atoms with van der Waals surface area (Å²) < 4.78 is 21.8. The zero-order chi connectivity index (χ0) is 25.9. The molecule has 8 nitrogen and oxygen atoms in total. The molecule has 3 aromatic carbocycles. The summed E-state index contributed by atoms with van der Waals surface area (Å²) >= 11 is 0. The zero-order valence-corrected chi connectivity index (χ0v) is 20.6. The molecular weight excluding hydrogens is 461 g/mol. The lowest BCUT2D eigenvalue weighted by atomic mass is 10.00. The van der Waals surface area contributed by atoms with E-state index in [0.29, 0.717) is 22.5 Å². The smallest absolute Gasteiger partial charge is 0.249 e. The van der Waals surface area contributed by atoms with Gasteiger partial charge in [0.15, 0.2) is 0 Å². The van der Waals surface area contributed by atoms with Gasteiger partial charge in [0, 0.05) is 16.8 Å². The molecule has 2 amide bonds. The minimum absolute atomic E-state index is 0.0758. The summed E-state index contributed by atoms with van der Waals surface area (Å²) in [7, 11) is 1.53. The molecule has 0 aliphatic heterocycles.